The van der Waals surface area contributed by atoms with Crippen molar-refractivity contribution < 1.29 is 14.6 Å². The summed E-state index contributed by atoms with van der Waals surface area (Å²) < 4.78 is 5.96. The second-order valence-corrected chi connectivity index (χ2v) is 10.8. The van der Waals surface area contributed by atoms with Gasteiger partial charge in [0, 0.05) is 0 Å². The Hall–Kier alpha value is -2.21. The summed E-state index contributed by atoms with van der Waals surface area (Å²) in [5.74, 6) is 2.47. The third-order valence-electron chi connectivity index (χ3n) is 5.91. The number of carbonyl (C=O) groups is 1. The van der Waals surface area contributed by atoms with Crippen molar-refractivity contribution in [2.24, 2.45) is 0 Å². The van der Waals surface area contributed by atoms with Gasteiger partial charge in [-0.05, 0) is 0 Å². The number of benzene rings is 2. The van der Waals surface area contributed by atoms with Crippen LogP contribution in [0.1, 0.15) is 73.1 Å². The van der Waals surface area contributed by atoms with Crippen molar-refractivity contribution in [3.05, 3.63) is 58.1 Å². The fraction of sp³-hybridized carbons (Fsp3) is 0.400. The van der Waals surface area contributed by atoms with Gasteiger partial charge in [0.15, 0.2) is 0 Å². The topological polar surface area (TPSA) is 46.5 Å². The standard InChI is InChI=1S/C25H28O3Se/c1-16-13-19-20(25(4,5)11-10-24(19,2)3)15-22(16)29-12-9-17-7-8-18(21(26)14-17)23(27)28-6/h7-8,13-15,26H,10-11H2,1-6H3. The first-order valence-corrected chi connectivity index (χ1v) is 11.5. The molecule has 152 valence electrons. The van der Waals surface area contributed by atoms with E-state index in [9.17, 15) is 9.90 Å². The molecule has 3 rings (SSSR count). The molecule has 0 radical (unpaired) electrons. The average molecular weight is 455 g/mol. The van der Waals surface area contributed by atoms with Crippen LogP contribution in [0.3, 0.4) is 0 Å². The summed E-state index contributed by atoms with van der Waals surface area (Å²) in [5.41, 5.74) is 5.47. The minimum absolute atomic E-state index is 0.00736. The Morgan fingerprint density at radius 2 is 1.69 bits per heavy atom. The van der Waals surface area contributed by atoms with Crippen LogP contribution in [0.4, 0.5) is 0 Å². The number of carbonyl (C=O) groups excluding carboxylic acids is 1. The van der Waals surface area contributed by atoms with E-state index in [0.29, 0.717) is 5.56 Å². The Morgan fingerprint density at radius 1 is 1.07 bits per heavy atom. The third-order valence-corrected chi connectivity index (χ3v) is 7.72. The zero-order valence-electron chi connectivity index (χ0n) is 18.0. The van der Waals surface area contributed by atoms with Crippen molar-refractivity contribution in [2.45, 2.75) is 58.3 Å². The molecule has 0 heterocycles. The van der Waals surface area contributed by atoms with E-state index in [0.717, 1.165) is 0 Å². The van der Waals surface area contributed by atoms with Crippen LogP contribution in [0.2, 0.25) is 0 Å². The molecule has 0 saturated heterocycles. The molecule has 0 spiro atoms. The monoisotopic (exact) mass is 456 g/mol. The van der Waals surface area contributed by atoms with Gasteiger partial charge in [0.25, 0.3) is 0 Å². The van der Waals surface area contributed by atoms with E-state index in [1.165, 1.54) is 47.2 Å². The molecule has 2 aromatic rings. The number of hydrogen-bond donors (Lipinski definition) is 1. The number of fused-ring (bicyclic) bond motifs is 1. The summed E-state index contributed by atoms with van der Waals surface area (Å²) in [6.07, 6.45) is 2.40. The van der Waals surface area contributed by atoms with E-state index in [2.05, 4.69) is 62.2 Å². The van der Waals surface area contributed by atoms with Crippen molar-refractivity contribution >= 4 is 25.4 Å². The number of aromatic hydroxyl groups is 1. The Balaban J connectivity index is 1.88. The first-order valence-electron chi connectivity index (χ1n) is 9.80. The van der Waals surface area contributed by atoms with Crippen LogP contribution < -0.4 is 4.46 Å². The molecular formula is C25H28O3Se. The number of aryl methyl sites for hydroxylation is 1. The van der Waals surface area contributed by atoms with Crippen molar-refractivity contribution in [3.63, 3.8) is 0 Å². The Kier molecular flexibility index (Phi) is 5.86. The summed E-state index contributed by atoms with van der Waals surface area (Å²) in [6.45, 7) is 11.5. The van der Waals surface area contributed by atoms with Gasteiger partial charge in [0.1, 0.15) is 0 Å². The number of rotatable bonds is 2. The van der Waals surface area contributed by atoms with Crippen molar-refractivity contribution in [1.82, 2.24) is 0 Å². The number of ether oxygens (including phenoxy) is 1. The average Bonchev–Trinajstić information content (AvgIpc) is 2.66. The van der Waals surface area contributed by atoms with E-state index < -0.39 is 5.97 Å². The van der Waals surface area contributed by atoms with Crippen LogP contribution in [-0.4, -0.2) is 33.1 Å². The predicted octanol–water partition coefficient (Wildman–Crippen LogP) is 4.17. The Labute approximate surface area is 180 Å². The van der Waals surface area contributed by atoms with Crippen LogP contribution in [0.25, 0.3) is 0 Å². The number of phenolic OH excluding ortho intramolecular Hbond substituents is 1. The van der Waals surface area contributed by atoms with Crippen LogP contribution in [-0.2, 0) is 15.6 Å². The third kappa shape index (κ3) is 4.37. The summed E-state index contributed by atoms with van der Waals surface area (Å²) in [7, 11) is 1.29. The fourth-order valence-corrected chi connectivity index (χ4v) is 5.26. The fourth-order valence-electron chi connectivity index (χ4n) is 3.84. The molecule has 0 fully saturated rings. The van der Waals surface area contributed by atoms with Crippen LogP contribution >= 0.6 is 0 Å². The minimum atomic E-state index is -0.554. The van der Waals surface area contributed by atoms with Gasteiger partial charge in [-0.3, -0.25) is 0 Å². The molecule has 0 saturated carbocycles. The zero-order chi connectivity index (χ0) is 21.4. The van der Waals surface area contributed by atoms with Gasteiger partial charge in [0.05, 0.1) is 0 Å². The van der Waals surface area contributed by atoms with Crippen molar-refractivity contribution in [3.8, 4) is 16.5 Å². The van der Waals surface area contributed by atoms with Crippen LogP contribution in [0.15, 0.2) is 30.3 Å². The second-order valence-electron chi connectivity index (χ2n) is 8.98. The molecule has 0 unspecified atom stereocenters. The molecule has 0 aromatic heterocycles. The first kappa shape index (κ1) is 21.5. The molecule has 0 amide bonds. The molecule has 0 bridgehead atoms. The predicted molar refractivity (Wildman–Crippen MR) is 118 cm³/mol. The normalized spacial score (nSPS) is 16.3. The summed E-state index contributed by atoms with van der Waals surface area (Å²) in [5, 5.41) is 10.0. The van der Waals surface area contributed by atoms with E-state index >= 15 is 0 Å². The maximum atomic E-state index is 11.6. The zero-order valence-corrected chi connectivity index (χ0v) is 19.7. The van der Waals surface area contributed by atoms with E-state index in [-0.39, 0.29) is 37.1 Å². The molecule has 0 aliphatic heterocycles. The molecule has 1 aliphatic carbocycles. The maximum absolute atomic E-state index is 11.6. The SMILES string of the molecule is COC(=O)c1ccc(C#C[Se]c2cc3c(cc2C)C(C)(C)CCC3(C)C)cc1O. The summed E-state index contributed by atoms with van der Waals surface area (Å²) >= 11 is 0.00736. The molecule has 2 aromatic carbocycles. The molecule has 1 N–H and O–H groups in total. The van der Waals surface area contributed by atoms with Crippen molar-refractivity contribution in [1.29, 1.82) is 0 Å². The molecule has 1 aliphatic rings. The first-order chi connectivity index (χ1) is 13.5. The molecule has 0 atom stereocenters. The van der Waals surface area contributed by atoms with E-state index in [1.54, 1.807) is 12.1 Å². The van der Waals surface area contributed by atoms with Gasteiger partial charge >= 0.3 is 180 Å². The number of hydrogen-bond acceptors (Lipinski definition) is 3. The summed E-state index contributed by atoms with van der Waals surface area (Å²) in [6, 6.07) is 9.54. The van der Waals surface area contributed by atoms with Gasteiger partial charge in [-0.25, -0.2) is 0 Å². The van der Waals surface area contributed by atoms with Crippen LogP contribution in [0.5, 0.6) is 5.75 Å². The molecule has 3 nitrogen and oxygen atoms in total. The van der Waals surface area contributed by atoms with Crippen LogP contribution in [0, 0.1) is 17.7 Å². The van der Waals surface area contributed by atoms with Gasteiger partial charge in [-0.15, -0.1) is 0 Å². The second kappa shape index (κ2) is 7.90. The van der Waals surface area contributed by atoms with E-state index in [1.807, 2.05) is 0 Å². The van der Waals surface area contributed by atoms with Gasteiger partial charge in [0.2, 0.25) is 0 Å². The van der Waals surface area contributed by atoms with Gasteiger partial charge < -0.3 is 0 Å². The molecule has 4 heteroatoms. The Bertz CT molecular complexity index is 1020. The molecule has 29 heavy (non-hydrogen) atoms. The molecular weight excluding hydrogens is 427 g/mol. The number of phenols is 1. The number of esters is 1. The quantitative estimate of drug-likeness (QED) is 0.420. The Morgan fingerprint density at radius 3 is 2.28 bits per heavy atom. The van der Waals surface area contributed by atoms with Crippen molar-refractivity contribution in [2.75, 3.05) is 7.11 Å². The van der Waals surface area contributed by atoms with Gasteiger partial charge in [-0.1, -0.05) is 0 Å². The summed E-state index contributed by atoms with van der Waals surface area (Å²) in [4.78, 5) is 14.9. The number of methoxy groups -OCH3 is 1. The van der Waals surface area contributed by atoms with E-state index in [4.69, 9.17) is 0 Å². The van der Waals surface area contributed by atoms with Gasteiger partial charge in [-0.2, -0.15) is 0 Å².